The van der Waals surface area contributed by atoms with Crippen LogP contribution in [0.4, 0.5) is 15.8 Å². The maximum Gasteiger partial charge on any atom is 0.309 e. The van der Waals surface area contributed by atoms with Crippen LogP contribution in [0.2, 0.25) is 0 Å². The molecule has 3 atom stereocenters. The zero-order valence-electron chi connectivity index (χ0n) is 25.1. The number of methoxy groups -OCH3 is 1. The molecule has 1 saturated heterocycles. The van der Waals surface area contributed by atoms with Crippen molar-refractivity contribution in [2.75, 3.05) is 51.3 Å². The van der Waals surface area contributed by atoms with Gasteiger partial charge in [0.25, 0.3) is 0 Å². The Balaban J connectivity index is 1.53. The number of amides is 1. The largest absolute Gasteiger partial charge is 0.493 e. The number of ether oxygens (including phenoxy) is 3. The van der Waals surface area contributed by atoms with Gasteiger partial charge < -0.3 is 29.5 Å². The fourth-order valence-corrected chi connectivity index (χ4v) is 6.27. The van der Waals surface area contributed by atoms with E-state index >= 15 is 0 Å². The highest BCUT2D eigenvalue weighted by atomic mass is 19.1. The summed E-state index contributed by atoms with van der Waals surface area (Å²) in [7, 11) is 5.41. The second-order valence-electron chi connectivity index (χ2n) is 11.1. The first kappa shape index (κ1) is 30.2. The molecule has 1 fully saturated rings. The molecule has 2 N–H and O–H groups in total. The van der Waals surface area contributed by atoms with Crippen LogP contribution in [-0.2, 0) is 22.4 Å². The predicted octanol–water partition coefficient (Wildman–Crippen LogP) is 5.23. The van der Waals surface area contributed by atoms with Crippen LogP contribution in [0.1, 0.15) is 48.1 Å². The molecule has 0 spiro atoms. The number of likely N-dealkylation sites (tertiary alicyclic amines) is 1. The molecule has 3 aromatic carbocycles. The molecule has 1 amide bonds. The van der Waals surface area contributed by atoms with Crippen molar-refractivity contribution in [1.29, 1.82) is 0 Å². The zero-order valence-corrected chi connectivity index (χ0v) is 25.1. The van der Waals surface area contributed by atoms with E-state index in [1.165, 1.54) is 19.2 Å². The van der Waals surface area contributed by atoms with E-state index in [-0.39, 0.29) is 25.1 Å². The number of fused-ring (bicyclic) bond motifs is 1. The predicted molar refractivity (Wildman–Crippen MR) is 162 cm³/mol. The Bertz CT molecular complexity index is 1480. The van der Waals surface area contributed by atoms with Crippen molar-refractivity contribution >= 4 is 23.3 Å². The second kappa shape index (κ2) is 12.5. The molecule has 0 aromatic heterocycles. The standard InChI is InChI=1S/C33H38FN3O6/c1-6-19-12-23(34)13-20(7-2)30(19)35-28(38)17-37-16-25(22-14-26(41-5)32-27(15-22)42-18-43-32)29(33(39)40)31(37)21-8-10-24(11-9-21)36(3)4/h8-15,25,29,31H,6-7,16-18H2,1-5H3,(H,35,38)(H,39,40)/t25-,29?,31+/m1/s1. The average molecular weight is 592 g/mol. The van der Waals surface area contributed by atoms with Crippen molar-refractivity contribution in [3.05, 3.63) is 76.6 Å². The summed E-state index contributed by atoms with van der Waals surface area (Å²) in [5.41, 5.74) is 4.56. The van der Waals surface area contributed by atoms with Crippen LogP contribution < -0.4 is 24.4 Å². The number of carbonyl (C=O) groups excluding carboxylic acids is 1. The van der Waals surface area contributed by atoms with E-state index in [1.807, 2.05) is 62.0 Å². The molecule has 5 rings (SSSR count). The molecule has 0 saturated carbocycles. The third-order valence-corrected chi connectivity index (χ3v) is 8.38. The third kappa shape index (κ3) is 5.97. The number of hydrogen-bond donors (Lipinski definition) is 2. The van der Waals surface area contributed by atoms with Gasteiger partial charge in [-0.15, -0.1) is 0 Å². The number of anilines is 2. The third-order valence-electron chi connectivity index (χ3n) is 8.38. The first-order valence-electron chi connectivity index (χ1n) is 14.5. The first-order valence-corrected chi connectivity index (χ1v) is 14.5. The molecular weight excluding hydrogens is 553 g/mol. The molecule has 10 heteroatoms. The summed E-state index contributed by atoms with van der Waals surface area (Å²) < 4.78 is 31.0. The Kier molecular flexibility index (Phi) is 8.77. The Labute approximate surface area is 251 Å². The molecule has 2 heterocycles. The van der Waals surface area contributed by atoms with Crippen molar-refractivity contribution in [1.82, 2.24) is 4.90 Å². The number of carboxylic acid groups (broad SMARTS) is 1. The van der Waals surface area contributed by atoms with Gasteiger partial charge in [-0.2, -0.15) is 0 Å². The fourth-order valence-electron chi connectivity index (χ4n) is 6.27. The van der Waals surface area contributed by atoms with Crippen LogP contribution in [-0.4, -0.2) is 63.0 Å². The quantitative estimate of drug-likeness (QED) is 0.331. The number of aryl methyl sites for hydroxylation is 2. The van der Waals surface area contributed by atoms with Crippen molar-refractivity contribution in [2.24, 2.45) is 5.92 Å². The van der Waals surface area contributed by atoms with Gasteiger partial charge in [0.05, 0.1) is 19.6 Å². The van der Waals surface area contributed by atoms with Gasteiger partial charge in [0.15, 0.2) is 11.5 Å². The van der Waals surface area contributed by atoms with E-state index in [2.05, 4.69) is 5.32 Å². The first-order chi connectivity index (χ1) is 20.6. The van der Waals surface area contributed by atoms with Gasteiger partial charge in [-0.05, 0) is 71.5 Å². The molecule has 228 valence electrons. The Morgan fingerprint density at radius 2 is 1.72 bits per heavy atom. The smallest absolute Gasteiger partial charge is 0.309 e. The van der Waals surface area contributed by atoms with E-state index in [0.717, 1.165) is 27.9 Å². The molecule has 0 bridgehead atoms. The van der Waals surface area contributed by atoms with Gasteiger partial charge in [0, 0.05) is 44.0 Å². The van der Waals surface area contributed by atoms with Crippen LogP contribution in [0.15, 0.2) is 48.5 Å². The van der Waals surface area contributed by atoms with Crippen LogP contribution in [0, 0.1) is 11.7 Å². The Morgan fingerprint density at radius 1 is 1.05 bits per heavy atom. The van der Waals surface area contributed by atoms with Gasteiger partial charge >= 0.3 is 5.97 Å². The average Bonchev–Trinajstić information content (AvgIpc) is 3.62. The van der Waals surface area contributed by atoms with Crippen LogP contribution in [0.3, 0.4) is 0 Å². The van der Waals surface area contributed by atoms with Crippen LogP contribution in [0.5, 0.6) is 17.2 Å². The molecule has 43 heavy (non-hydrogen) atoms. The van der Waals surface area contributed by atoms with Gasteiger partial charge in [-0.1, -0.05) is 26.0 Å². The van der Waals surface area contributed by atoms with Gasteiger partial charge in [-0.25, -0.2) is 4.39 Å². The van der Waals surface area contributed by atoms with Crippen molar-refractivity contribution in [3.8, 4) is 17.2 Å². The van der Waals surface area contributed by atoms with E-state index in [0.29, 0.717) is 42.3 Å². The van der Waals surface area contributed by atoms with Crippen molar-refractivity contribution in [3.63, 3.8) is 0 Å². The maximum atomic E-state index is 14.2. The number of hydrogen-bond acceptors (Lipinski definition) is 7. The van der Waals surface area contributed by atoms with E-state index in [4.69, 9.17) is 14.2 Å². The highest BCUT2D eigenvalue weighted by molar-refractivity contribution is 5.94. The summed E-state index contributed by atoms with van der Waals surface area (Å²) >= 11 is 0. The van der Waals surface area contributed by atoms with Gasteiger partial charge in [-0.3, -0.25) is 14.5 Å². The lowest BCUT2D eigenvalue weighted by molar-refractivity contribution is -0.143. The number of halogens is 1. The number of carbonyl (C=O) groups is 2. The van der Waals surface area contributed by atoms with E-state index < -0.39 is 23.8 Å². The Morgan fingerprint density at radius 3 is 2.30 bits per heavy atom. The molecule has 2 aliphatic rings. The van der Waals surface area contributed by atoms with E-state index in [9.17, 15) is 19.1 Å². The number of nitrogens with one attached hydrogen (secondary N) is 1. The fraction of sp³-hybridized carbons (Fsp3) is 0.394. The number of rotatable bonds is 10. The topological polar surface area (TPSA) is 101 Å². The summed E-state index contributed by atoms with van der Waals surface area (Å²) in [6, 6.07) is 13.6. The van der Waals surface area contributed by atoms with E-state index in [1.54, 1.807) is 12.1 Å². The van der Waals surface area contributed by atoms with Crippen LogP contribution in [0.25, 0.3) is 0 Å². The summed E-state index contributed by atoms with van der Waals surface area (Å²) in [5.74, 6) is -1.49. The lowest BCUT2D eigenvalue weighted by Crippen LogP contribution is -2.35. The lowest BCUT2D eigenvalue weighted by atomic mass is 9.82. The SMILES string of the molecule is CCc1cc(F)cc(CC)c1NC(=O)CN1C[C@H](c2cc(OC)c3c(c2)OCO3)C(C(=O)O)[C@@H]1c1ccc(N(C)C)cc1. The maximum absolute atomic E-state index is 14.2. The summed E-state index contributed by atoms with van der Waals surface area (Å²) in [5, 5.41) is 13.7. The summed E-state index contributed by atoms with van der Waals surface area (Å²) in [4.78, 5) is 30.5. The monoisotopic (exact) mass is 591 g/mol. The van der Waals surface area contributed by atoms with Crippen LogP contribution >= 0.6 is 0 Å². The zero-order chi connectivity index (χ0) is 30.8. The molecule has 3 aromatic rings. The molecule has 0 aliphatic carbocycles. The number of aliphatic carboxylic acids is 1. The van der Waals surface area contributed by atoms with Crippen molar-refractivity contribution < 1.29 is 33.3 Å². The normalized spacial score (nSPS) is 19.3. The highest BCUT2D eigenvalue weighted by Crippen LogP contribution is 2.50. The number of carboxylic acids is 1. The number of benzene rings is 3. The minimum atomic E-state index is -0.966. The molecular formula is C33H38FN3O6. The molecule has 0 radical (unpaired) electrons. The molecule has 9 nitrogen and oxygen atoms in total. The second-order valence-corrected chi connectivity index (χ2v) is 11.1. The van der Waals surface area contributed by atoms with Gasteiger partial charge in [0.1, 0.15) is 5.82 Å². The van der Waals surface area contributed by atoms with Crippen molar-refractivity contribution in [2.45, 2.75) is 38.6 Å². The highest BCUT2D eigenvalue weighted by Gasteiger charge is 2.48. The van der Waals surface area contributed by atoms with Gasteiger partial charge in [0.2, 0.25) is 18.4 Å². The molecule has 1 unspecified atom stereocenters. The lowest BCUT2D eigenvalue weighted by Gasteiger charge is -2.27. The molecule has 2 aliphatic heterocycles. The minimum Gasteiger partial charge on any atom is -0.493 e. The number of nitrogens with zero attached hydrogens (tertiary/aromatic N) is 2. The minimum absolute atomic E-state index is 0.0499. The summed E-state index contributed by atoms with van der Waals surface area (Å²) in [6.45, 7) is 4.14. The summed E-state index contributed by atoms with van der Waals surface area (Å²) in [6.07, 6.45) is 1.11. The Hall–Kier alpha value is -4.31.